The summed E-state index contributed by atoms with van der Waals surface area (Å²) in [5.74, 6) is -1.83. The van der Waals surface area contributed by atoms with E-state index in [1.807, 2.05) is 0 Å². The van der Waals surface area contributed by atoms with Crippen molar-refractivity contribution in [1.82, 2.24) is 4.98 Å². The molecule has 0 saturated carbocycles. The number of fused-ring (bicyclic) bond motifs is 1. The molecule has 1 aromatic carbocycles. The van der Waals surface area contributed by atoms with Crippen LogP contribution in [0.2, 0.25) is 0 Å². The molecule has 11 nitrogen and oxygen atoms in total. The van der Waals surface area contributed by atoms with Crippen molar-refractivity contribution in [1.29, 1.82) is 0 Å². The number of para-hydroxylation sites is 2. The van der Waals surface area contributed by atoms with Crippen LogP contribution in [-0.4, -0.2) is 27.4 Å². The van der Waals surface area contributed by atoms with Gasteiger partial charge in [0, 0.05) is 0 Å². The van der Waals surface area contributed by atoms with E-state index < -0.39 is 32.8 Å². The highest BCUT2D eigenvalue weighted by molar-refractivity contribution is 5.79. The van der Waals surface area contributed by atoms with Gasteiger partial charge in [-0.2, -0.15) is 0 Å². The summed E-state index contributed by atoms with van der Waals surface area (Å²) < 4.78 is 9.20. The minimum Gasteiger partial charge on any atom is -0.455 e. The molecule has 23 heavy (non-hydrogen) atoms. The van der Waals surface area contributed by atoms with Crippen molar-refractivity contribution in [2.24, 2.45) is 0 Å². The number of carbonyl (C=O) groups excluding carboxylic acids is 1. The van der Waals surface area contributed by atoms with Crippen LogP contribution in [0, 0.1) is 20.2 Å². The van der Waals surface area contributed by atoms with Gasteiger partial charge in [-0.05, 0) is 19.1 Å². The molecule has 0 spiro atoms. The number of nitro groups is 2. The van der Waals surface area contributed by atoms with Gasteiger partial charge >= 0.3 is 17.3 Å². The first kappa shape index (κ1) is 16.0. The molecule has 0 aliphatic heterocycles. The number of esters is 1. The lowest BCUT2D eigenvalue weighted by Crippen LogP contribution is -2.54. The summed E-state index contributed by atoms with van der Waals surface area (Å²) in [5, 5.41) is 22.6. The molecule has 11 heteroatoms. The topological polar surface area (TPSA) is 156 Å². The number of nitrogens with zero attached hydrogens (tertiary/aromatic N) is 3. The van der Waals surface area contributed by atoms with Crippen LogP contribution in [0.15, 0.2) is 33.5 Å². The molecule has 0 amide bonds. The van der Waals surface area contributed by atoms with Crippen LogP contribution in [0.5, 0.6) is 0 Å². The highest BCUT2D eigenvalue weighted by Gasteiger charge is 2.71. The number of aromatic nitrogens is 1. The predicted molar refractivity (Wildman–Crippen MR) is 72.6 cm³/mol. The van der Waals surface area contributed by atoms with Gasteiger partial charge in [0.2, 0.25) is 0 Å². The SMILES string of the molecule is CCOC(=O)C(c1nc2ccccc2oc1=O)([N+](=O)[O-])[N+](=O)[O-]. The quantitative estimate of drug-likeness (QED) is 0.330. The van der Waals surface area contributed by atoms with Crippen molar-refractivity contribution in [2.45, 2.75) is 12.6 Å². The van der Waals surface area contributed by atoms with E-state index >= 15 is 0 Å². The zero-order valence-corrected chi connectivity index (χ0v) is 11.6. The summed E-state index contributed by atoms with van der Waals surface area (Å²) in [6, 6.07) is 5.64. The molecule has 0 radical (unpaired) electrons. The third kappa shape index (κ3) is 2.37. The summed E-state index contributed by atoms with van der Waals surface area (Å²) in [4.78, 5) is 47.0. The second kappa shape index (κ2) is 5.79. The Morgan fingerprint density at radius 3 is 2.48 bits per heavy atom. The normalized spacial score (nSPS) is 11.2. The Hall–Kier alpha value is -3.37. The average Bonchev–Trinajstić information content (AvgIpc) is 2.48. The molecule has 120 valence electrons. The summed E-state index contributed by atoms with van der Waals surface area (Å²) in [6.07, 6.45) is 0. The predicted octanol–water partition coefficient (Wildman–Crippen LogP) is 0.457. The van der Waals surface area contributed by atoms with Crippen LogP contribution >= 0.6 is 0 Å². The van der Waals surface area contributed by atoms with Crippen LogP contribution < -0.4 is 5.63 Å². The van der Waals surface area contributed by atoms with Gasteiger partial charge in [0.15, 0.2) is 5.58 Å². The molecule has 0 unspecified atom stereocenters. The van der Waals surface area contributed by atoms with E-state index in [9.17, 15) is 29.8 Å². The maximum absolute atomic E-state index is 12.0. The second-order valence-electron chi connectivity index (χ2n) is 4.22. The third-order valence-corrected chi connectivity index (χ3v) is 2.91. The van der Waals surface area contributed by atoms with Crippen LogP contribution in [-0.2, 0) is 15.2 Å². The fourth-order valence-electron chi connectivity index (χ4n) is 1.89. The lowest BCUT2D eigenvalue weighted by molar-refractivity contribution is -0.791. The van der Waals surface area contributed by atoms with Crippen molar-refractivity contribution in [2.75, 3.05) is 6.61 Å². The average molecular weight is 323 g/mol. The van der Waals surface area contributed by atoms with Gasteiger partial charge in [0.25, 0.3) is 5.69 Å². The molecule has 1 aromatic heterocycles. The molecule has 0 bridgehead atoms. The fraction of sp³-hybridized carbons (Fsp3) is 0.250. The van der Waals surface area contributed by atoms with E-state index in [2.05, 4.69) is 9.72 Å². The van der Waals surface area contributed by atoms with E-state index in [1.165, 1.54) is 31.2 Å². The monoisotopic (exact) mass is 323 g/mol. The minimum absolute atomic E-state index is 0.0364. The van der Waals surface area contributed by atoms with Crippen LogP contribution in [0.1, 0.15) is 12.6 Å². The van der Waals surface area contributed by atoms with E-state index in [4.69, 9.17) is 4.42 Å². The lowest BCUT2D eigenvalue weighted by Gasteiger charge is -2.13. The highest BCUT2D eigenvalue weighted by atomic mass is 16.7. The first-order chi connectivity index (χ1) is 10.9. The maximum atomic E-state index is 12.0. The van der Waals surface area contributed by atoms with Gasteiger partial charge in [-0.25, -0.2) is 14.6 Å². The van der Waals surface area contributed by atoms with Crippen molar-refractivity contribution < 1.29 is 23.8 Å². The number of hydrogen-bond acceptors (Lipinski definition) is 9. The molecule has 2 rings (SSSR count). The molecule has 0 aliphatic rings. The van der Waals surface area contributed by atoms with Gasteiger partial charge in [-0.1, -0.05) is 12.1 Å². The molecule has 0 saturated heterocycles. The lowest BCUT2D eigenvalue weighted by atomic mass is 10.1. The molecule has 0 aliphatic carbocycles. The van der Waals surface area contributed by atoms with Crippen molar-refractivity contribution in [3.63, 3.8) is 0 Å². The van der Waals surface area contributed by atoms with Gasteiger partial charge in [0.05, 0.1) is 6.61 Å². The third-order valence-electron chi connectivity index (χ3n) is 2.91. The highest BCUT2D eigenvalue weighted by Crippen LogP contribution is 2.25. The molecule has 0 fully saturated rings. The number of ether oxygens (including phenoxy) is 1. The Morgan fingerprint density at radius 2 is 1.91 bits per heavy atom. The summed E-state index contributed by atoms with van der Waals surface area (Å²) in [5.41, 5.74) is -6.53. The van der Waals surface area contributed by atoms with Crippen LogP contribution in [0.4, 0.5) is 0 Å². The Kier molecular flexibility index (Phi) is 4.03. The van der Waals surface area contributed by atoms with Gasteiger partial charge in [0.1, 0.15) is 15.4 Å². The Morgan fingerprint density at radius 1 is 1.30 bits per heavy atom. The summed E-state index contributed by atoms with van der Waals surface area (Å²) >= 11 is 0. The zero-order chi connectivity index (χ0) is 17.2. The van der Waals surface area contributed by atoms with Gasteiger partial charge in [-0.15, -0.1) is 0 Å². The fourth-order valence-corrected chi connectivity index (χ4v) is 1.89. The first-order valence-electron chi connectivity index (χ1n) is 6.22. The summed E-state index contributed by atoms with van der Waals surface area (Å²) in [7, 11) is 0. The molecule has 0 atom stereocenters. The molecule has 1 heterocycles. The minimum atomic E-state index is -3.69. The molecule has 2 aromatic rings. The molecular weight excluding hydrogens is 314 g/mol. The number of hydrogen-bond donors (Lipinski definition) is 0. The zero-order valence-electron chi connectivity index (χ0n) is 11.6. The van der Waals surface area contributed by atoms with E-state index in [1.54, 1.807) is 0 Å². The van der Waals surface area contributed by atoms with Crippen molar-refractivity contribution >= 4 is 17.1 Å². The number of benzene rings is 1. The first-order valence-corrected chi connectivity index (χ1v) is 6.22. The Bertz CT molecular complexity index is 845. The van der Waals surface area contributed by atoms with E-state index in [0.717, 1.165) is 0 Å². The van der Waals surface area contributed by atoms with Crippen molar-refractivity contribution in [3.8, 4) is 0 Å². The standard InChI is InChI=1S/C12H9N3O8/c1-2-22-11(17)12(14(18)19,15(20)21)9-10(16)23-8-6-4-3-5-7(8)13-9/h3-6H,2H2,1H3. The van der Waals surface area contributed by atoms with Crippen molar-refractivity contribution in [3.05, 3.63) is 60.6 Å². The van der Waals surface area contributed by atoms with E-state index in [-0.39, 0.29) is 17.7 Å². The number of carbonyl (C=O) groups is 1. The largest absolute Gasteiger partial charge is 0.603 e. The number of rotatable bonds is 5. The smallest absolute Gasteiger partial charge is 0.455 e. The van der Waals surface area contributed by atoms with E-state index in [0.29, 0.717) is 0 Å². The molecular formula is C12H9N3O8. The Balaban J connectivity index is 2.86. The molecule has 0 N–H and O–H groups in total. The maximum Gasteiger partial charge on any atom is 0.603 e. The summed E-state index contributed by atoms with van der Waals surface area (Å²) in [6.45, 7) is 0.944. The van der Waals surface area contributed by atoms with Crippen LogP contribution in [0.3, 0.4) is 0 Å². The Labute approximate surface area is 126 Å². The van der Waals surface area contributed by atoms with Crippen LogP contribution in [0.25, 0.3) is 11.1 Å². The van der Waals surface area contributed by atoms with Gasteiger partial charge in [-0.3, -0.25) is 20.2 Å². The van der Waals surface area contributed by atoms with Gasteiger partial charge < -0.3 is 9.15 Å². The second-order valence-corrected chi connectivity index (χ2v) is 4.22.